The summed E-state index contributed by atoms with van der Waals surface area (Å²) in [4.78, 5) is 11.0. The summed E-state index contributed by atoms with van der Waals surface area (Å²) in [5, 5.41) is 0. The van der Waals surface area contributed by atoms with Crippen molar-refractivity contribution in [1.82, 2.24) is 9.97 Å². The Morgan fingerprint density at radius 3 is 2.26 bits per heavy atom. The molecule has 0 spiro atoms. The van der Waals surface area contributed by atoms with Crippen molar-refractivity contribution in [3.63, 3.8) is 0 Å². The second-order valence-corrected chi connectivity index (χ2v) is 9.00. The third-order valence-electron chi connectivity index (χ3n) is 2.84. The van der Waals surface area contributed by atoms with Crippen molar-refractivity contribution < 1.29 is 14.5 Å². The van der Waals surface area contributed by atoms with Gasteiger partial charge < -0.3 is 9.47 Å². The number of hydrogen-bond acceptors (Lipinski definition) is 4. The molecule has 1 aromatic heterocycles. The molecule has 23 heavy (non-hydrogen) atoms. The number of alkyl halides is 6. The van der Waals surface area contributed by atoms with Crippen LogP contribution < -0.4 is 14.5 Å². The van der Waals surface area contributed by atoms with Crippen molar-refractivity contribution >= 4 is 69.6 Å². The molecule has 11 heteroatoms. The van der Waals surface area contributed by atoms with Gasteiger partial charge in [0.15, 0.2) is 11.5 Å². The molecule has 2 heterocycles. The van der Waals surface area contributed by atoms with Gasteiger partial charge in [0.2, 0.25) is 6.79 Å². The van der Waals surface area contributed by atoms with Gasteiger partial charge in [0.1, 0.15) is 0 Å². The van der Waals surface area contributed by atoms with E-state index in [4.69, 9.17) is 79.1 Å². The van der Waals surface area contributed by atoms with Crippen LogP contribution in [0.15, 0.2) is 18.2 Å². The van der Waals surface area contributed by atoms with Gasteiger partial charge in [-0.15, -0.1) is 0 Å². The highest BCUT2D eigenvalue weighted by atomic mass is 35.6. The van der Waals surface area contributed by atoms with Crippen LogP contribution in [-0.2, 0) is 7.59 Å². The standard InChI is InChI=1S/C12H5Cl6N3O2/c13-11(14,15)9-19-8(20-10(21-9)12(16,17)18)5-1-2-6-7(3-5)23-4-22-6/h1-3H,4H2/p+1. The zero-order valence-corrected chi connectivity index (χ0v) is 15.5. The fraction of sp³-hybridized carbons (Fsp3) is 0.250. The van der Waals surface area contributed by atoms with E-state index in [0.29, 0.717) is 22.9 Å². The van der Waals surface area contributed by atoms with Crippen LogP contribution in [0.1, 0.15) is 11.6 Å². The van der Waals surface area contributed by atoms with E-state index in [1.165, 1.54) is 0 Å². The molecular formula is C12H6Cl6N3O2+. The third kappa shape index (κ3) is 3.81. The first-order valence-electron chi connectivity index (χ1n) is 6.00. The van der Waals surface area contributed by atoms with Crippen molar-refractivity contribution in [2.24, 2.45) is 0 Å². The van der Waals surface area contributed by atoms with E-state index in [-0.39, 0.29) is 18.4 Å². The lowest BCUT2D eigenvalue weighted by molar-refractivity contribution is -0.387. The highest BCUT2D eigenvalue weighted by Gasteiger charge is 2.40. The molecule has 0 amide bonds. The van der Waals surface area contributed by atoms with Crippen LogP contribution >= 0.6 is 69.6 Å². The van der Waals surface area contributed by atoms with Crippen molar-refractivity contribution in [2.45, 2.75) is 7.59 Å². The minimum Gasteiger partial charge on any atom is -0.454 e. The number of ether oxygens (including phenoxy) is 2. The van der Waals surface area contributed by atoms with Crippen molar-refractivity contribution in [3.8, 4) is 22.9 Å². The molecule has 0 bridgehead atoms. The summed E-state index contributed by atoms with van der Waals surface area (Å²) in [7, 11) is 0. The summed E-state index contributed by atoms with van der Waals surface area (Å²) in [6.45, 7) is 0.144. The summed E-state index contributed by atoms with van der Waals surface area (Å²) in [6, 6.07) is 5.15. The Balaban J connectivity index is 2.15. The zero-order chi connectivity index (χ0) is 16.8. The smallest absolute Gasteiger partial charge is 0.328 e. The van der Waals surface area contributed by atoms with Crippen LogP contribution in [0.3, 0.4) is 0 Å². The Hall–Kier alpha value is -0.430. The van der Waals surface area contributed by atoms with Gasteiger partial charge in [0, 0.05) is 0 Å². The maximum Gasteiger partial charge on any atom is 0.328 e. The molecule has 0 saturated carbocycles. The fourth-order valence-electron chi connectivity index (χ4n) is 1.85. The highest BCUT2D eigenvalue weighted by molar-refractivity contribution is 6.67. The van der Waals surface area contributed by atoms with Crippen LogP contribution in [0.25, 0.3) is 11.4 Å². The van der Waals surface area contributed by atoms with Gasteiger partial charge in [0.25, 0.3) is 19.2 Å². The van der Waals surface area contributed by atoms with E-state index < -0.39 is 7.59 Å². The zero-order valence-electron chi connectivity index (χ0n) is 10.9. The first-order valence-corrected chi connectivity index (χ1v) is 8.27. The number of hydrogen-bond donors (Lipinski definition) is 0. The van der Waals surface area contributed by atoms with Crippen LogP contribution in [0, 0.1) is 0 Å². The predicted octanol–water partition coefficient (Wildman–Crippen LogP) is 4.34. The molecule has 1 aliphatic heterocycles. The van der Waals surface area contributed by atoms with Gasteiger partial charge in [-0.3, -0.25) is 0 Å². The van der Waals surface area contributed by atoms with Gasteiger partial charge in [-0.05, 0) is 18.2 Å². The van der Waals surface area contributed by atoms with Crippen molar-refractivity contribution in [2.75, 3.05) is 6.79 Å². The molecule has 122 valence electrons. The number of aromatic nitrogens is 3. The number of halogens is 6. The quantitative estimate of drug-likeness (QED) is 0.624. The van der Waals surface area contributed by atoms with Crippen LogP contribution in [0.5, 0.6) is 11.5 Å². The number of nitrogens with one attached hydrogen (secondary N) is 1. The monoisotopic (exact) mass is 434 g/mol. The Bertz CT molecular complexity index is 727. The van der Waals surface area contributed by atoms with E-state index in [2.05, 4.69) is 15.0 Å². The number of rotatable bonds is 1. The molecule has 0 unspecified atom stereocenters. The number of aromatic amines is 1. The first kappa shape index (κ1) is 17.4. The van der Waals surface area contributed by atoms with Crippen LogP contribution in [-0.4, -0.2) is 16.8 Å². The summed E-state index contributed by atoms with van der Waals surface area (Å²) in [6.07, 6.45) is 0. The van der Waals surface area contributed by atoms with Gasteiger partial charge >= 0.3 is 5.82 Å². The summed E-state index contributed by atoms with van der Waals surface area (Å²) in [5.74, 6) is 1.30. The predicted molar refractivity (Wildman–Crippen MR) is 88.6 cm³/mol. The van der Waals surface area contributed by atoms with Gasteiger partial charge in [0.05, 0.1) is 5.56 Å². The average Bonchev–Trinajstić information content (AvgIpc) is 2.92. The average molecular weight is 437 g/mol. The number of benzene rings is 1. The molecule has 0 saturated heterocycles. The van der Waals surface area contributed by atoms with E-state index >= 15 is 0 Å². The molecule has 2 aromatic rings. The van der Waals surface area contributed by atoms with Crippen LogP contribution in [0.4, 0.5) is 0 Å². The third-order valence-corrected chi connectivity index (χ3v) is 3.88. The van der Waals surface area contributed by atoms with Gasteiger partial charge in [-0.2, -0.15) is 0 Å². The summed E-state index contributed by atoms with van der Waals surface area (Å²) < 4.78 is 6.84. The van der Waals surface area contributed by atoms with Crippen molar-refractivity contribution in [1.29, 1.82) is 0 Å². The van der Waals surface area contributed by atoms with Crippen molar-refractivity contribution in [3.05, 3.63) is 29.8 Å². The minimum absolute atomic E-state index is 0.0357. The number of nitrogens with zero attached hydrogens (tertiary/aromatic N) is 2. The molecule has 1 aromatic carbocycles. The molecule has 0 fully saturated rings. The lowest BCUT2D eigenvalue weighted by Crippen LogP contribution is -2.28. The summed E-state index contributed by atoms with van der Waals surface area (Å²) >= 11 is 35.2. The van der Waals surface area contributed by atoms with Crippen LogP contribution in [0.2, 0.25) is 0 Å². The Kier molecular flexibility index (Phi) is 4.64. The second-order valence-electron chi connectivity index (χ2n) is 4.43. The molecular weight excluding hydrogens is 431 g/mol. The highest BCUT2D eigenvalue weighted by Crippen LogP contribution is 2.40. The second kappa shape index (κ2) is 6.14. The SMILES string of the molecule is ClC(Cl)(Cl)c1nc(-c2ccc3c(c2)OCO3)[nH+]c(C(Cl)(Cl)Cl)n1. The Labute approximate surface area is 160 Å². The van der Waals surface area contributed by atoms with E-state index in [1.54, 1.807) is 18.2 Å². The number of fused-ring (bicyclic) bond motifs is 1. The molecule has 1 aliphatic rings. The normalized spacial score (nSPS) is 14.2. The fourth-order valence-corrected chi connectivity index (χ4v) is 2.37. The molecule has 1 N–H and O–H groups in total. The van der Waals surface area contributed by atoms with E-state index in [1.807, 2.05) is 0 Å². The van der Waals surface area contributed by atoms with Gasteiger partial charge in [-0.1, -0.05) is 79.6 Å². The lowest BCUT2D eigenvalue weighted by Gasteiger charge is -2.09. The first-order chi connectivity index (χ1) is 10.6. The Morgan fingerprint density at radius 1 is 0.913 bits per heavy atom. The van der Waals surface area contributed by atoms with E-state index in [9.17, 15) is 0 Å². The topological polar surface area (TPSA) is 58.4 Å². The molecule has 5 nitrogen and oxygen atoms in total. The number of H-pyrrole nitrogens is 1. The largest absolute Gasteiger partial charge is 0.454 e. The molecule has 3 rings (SSSR count). The Morgan fingerprint density at radius 2 is 1.61 bits per heavy atom. The molecule has 0 atom stereocenters. The maximum absolute atomic E-state index is 5.87. The lowest BCUT2D eigenvalue weighted by atomic mass is 10.2. The maximum atomic E-state index is 5.87. The summed E-state index contributed by atoms with van der Waals surface area (Å²) in [5.41, 5.74) is 0.614. The molecule has 0 radical (unpaired) electrons. The minimum atomic E-state index is -1.88. The van der Waals surface area contributed by atoms with Gasteiger partial charge in [-0.25, -0.2) is 4.98 Å². The molecule has 0 aliphatic carbocycles. The van der Waals surface area contributed by atoms with E-state index in [0.717, 1.165) is 0 Å².